The molecule has 2 N–H and O–H groups in total. The zero-order chi connectivity index (χ0) is 12.9. The van der Waals surface area contributed by atoms with Gasteiger partial charge in [-0.25, -0.2) is 10.3 Å². The number of halogens is 3. The minimum absolute atomic E-state index is 0.462. The van der Waals surface area contributed by atoms with Crippen molar-refractivity contribution in [2.45, 2.75) is 13.1 Å². The fraction of sp³-hybridized carbons (Fsp3) is 0.300. The van der Waals surface area contributed by atoms with Crippen LogP contribution in [0.4, 0.5) is 23.7 Å². The smallest absolute Gasteiger partial charge is 0.306 e. The number of hydrogen-bond donors (Lipinski definition) is 2. The molecule has 1 aromatic carbocycles. The van der Waals surface area contributed by atoms with Crippen molar-refractivity contribution in [1.82, 2.24) is 5.48 Å². The number of rotatable bonds is 3. The molecule has 0 bridgehead atoms. The molecular formula is C10H11F3N2O2. The van der Waals surface area contributed by atoms with Crippen LogP contribution in [0.3, 0.4) is 0 Å². The molecule has 0 saturated carbocycles. The second-order valence-corrected chi connectivity index (χ2v) is 3.33. The van der Waals surface area contributed by atoms with E-state index in [2.05, 4.69) is 10.2 Å². The van der Waals surface area contributed by atoms with Crippen molar-refractivity contribution >= 4 is 11.7 Å². The predicted octanol–water partition coefficient (Wildman–Crippen LogP) is 2.61. The number of hydrogen-bond acceptors (Lipinski definition) is 2. The van der Waals surface area contributed by atoms with Crippen molar-refractivity contribution in [3.63, 3.8) is 0 Å². The number of alkyl halides is 3. The maximum atomic E-state index is 11.7. The van der Waals surface area contributed by atoms with Gasteiger partial charge in [-0.15, -0.1) is 0 Å². The maximum Gasteiger partial charge on any atom is 0.414 e. The van der Waals surface area contributed by atoms with E-state index in [1.165, 1.54) is 0 Å². The van der Waals surface area contributed by atoms with Crippen LogP contribution in [-0.2, 0) is 4.84 Å². The van der Waals surface area contributed by atoms with Crippen molar-refractivity contribution in [3.8, 4) is 0 Å². The van der Waals surface area contributed by atoms with Gasteiger partial charge in [0.15, 0.2) is 6.61 Å². The molecule has 0 atom stereocenters. The monoisotopic (exact) mass is 248 g/mol. The SMILES string of the molecule is Cc1ccc(NC(=O)NOCC(F)(F)F)cc1. The minimum Gasteiger partial charge on any atom is -0.306 e. The van der Waals surface area contributed by atoms with E-state index in [1.807, 2.05) is 6.92 Å². The molecule has 0 aliphatic heterocycles. The van der Waals surface area contributed by atoms with E-state index in [0.717, 1.165) is 5.56 Å². The molecule has 17 heavy (non-hydrogen) atoms. The number of aryl methyl sites for hydroxylation is 1. The molecule has 1 aromatic rings. The molecule has 0 aliphatic carbocycles. The zero-order valence-corrected chi connectivity index (χ0v) is 8.97. The lowest BCUT2D eigenvalue weighted by molar-refractivity contribution is -0.183. The molecule has 0 spiro atoms. The van der Waals surface area contributed by atoms with Gasteiger partial charge in [0, 0.05) is 5.69 Å². The molecule has 2 amide bonds. The Morgan fingerprint density at radius 1 is 1.29 bits per heavy atom. The van der Waals surface area contributed by atoms with Crippen LogP contribution >= 0.6 is 0 Å². The first kappa shape index (κ1) is 13.3. The molecule has 1 rings (SSSR count). The van der Waals surface area contributed by atoms with Crippen molar-refractivity contribution in [1.29, 1.82) is 0 Å². The van der Waals surface area contributed by atoms with Crippen molar-refractivity contribution in [3.05, 3.63) is 29.8 Å². The number of anilines is 1. The van der Waals surface area contributed by atoms with Gasteiger partial charge in [0.25, 0.3) is 0 Å². The maximum absolute atomic E-state index is 11.7. The fourth-order valence-corrected chi connectivity index (χ4v) is 0.977. The summed E-state index contributed by atoms with van der Waals surface area (Å²) in [6, 6.07) is 5.90. The first-order valence-electron chi connectivity index (χ1n) is 4.69. The van der Waals surface area contributed by atoms with Gasteiger partial charge in [-0.05, 0) is 19.1 Å². The third-order valence-electron chi connectivity index (χ3n) is 1.71. The van der Waals surface area contributed by atoms with Crippen molar-refractivity contribution < 1.29 is 22.8 Å². The number of amides is 2. The zero-order valence-electron chi connectivity index (χ0n) is 8.97. The largest absolute Gasteiger partial charge is 0.414 e. The Hall–Kier alpha value is -1.76. The predicted molar refractivity (Wildman–Crippen MR) is 55.3 cm³/mol. The van der Waals surface area contributed by atoms with Crippen LogP contribution in [0.2, 0.25) is 0 Å². The first-order chi connectivity index (χ1) is 7.87. The molecule has 0 aromatic heterocycles. The minimum atomic E-state index is -4.48. The number of benzene rings is 1. The summed E-state index contributed by atoms with van der Waals surface area (Å²) < 4.78 is 35.0. The first-order valence-corrected chi connectivity index (χ1v) is 4.69. The second kappa shape index (κ2) is 5.53. The highest BCUT2D eigenvalue weighted by Gasteiger charge is 2.28. The average Bonchev–Trinajstić information content (AvgIpc) is 2.19. The second-order valence-electron chi connectivity index (χ2n) is 3.33. The number of hydroxylamine groups is 1. The molecule has 0 heterocycles. The van der Waals surface area contributed by atoms with Gasteiger partial charge in [0.1, 0.15) is 0 Å². The van der Waals surface area contributed by atoms with Gasteiger partial charge < -0.3 is 5.32 Å². The highest BCUT2D eigenvalue weighted by Crippen LogP contribution is 2.13. The van der Waals surface area contributed by atoms with E-state index < -0.39 is 18.8 Å². The van der Waals surface area contributed by atoms with E-state index in [4.69, 9.17) is 0 Å². The molecule has 0 radical (unpaired) electrons. The van der Waals surface area contributed by atoms with E-state index in [0.29, 0.717) is 5.69 Å². The van der Waals surface area contributed by atoms with Crippen molar-refractivity contribution in [2.75, 3.05) is 11.9 Å². The summed E-state index contributed by atoms with van der Waals surface area (Å²) in [7, 11) is 0. The molecule has 94 valence electrons. The standard InChI is InChI=1S/C10H11F3N2O2/c1-7-2-4-8(5-3-7)14-9(16)15-17-6-10(11,12)13/h2-5H,6H2,1H3,(H2,14,15,16). The van der Waals surface area contributed by atoms with Crippen LogP contribution in [0, 0.1) is 6.92 Å². The molecule has 0 aliphatic rings. The average molecular weight is 248 g/mol. The summed E-state index contributed by atoms with van der Waals surface area (Å²) in [4.78, 5) is 15.0. The number of nitrogens with one attached hydrogen (secondary N) is 2. The topological polar surface area (TPSA) is 50.4 Å². The van der Waals surface area contributed by atoms with Gasteiger partial charge >= 0.3 is 12.2 Å². The molecular weight excluding hydrogens is 237 g/mol. The fourth-order valence-electron chi connectivity index (χ4n) is 0.977. The van der Waals surface area contributed by atoms with E-state index in [1.54, 1.807) is 29.7 Å². The van der Waals surface area contributed by atoms with Crippen LogP contribution < -0.4 is 10.8 Å². The Morgan fingerprint density at radius 2 is 1.88 bits per heavy atom. The Morgan fingerprint density at radius 3 is 2.41 bits per heavy atom. The summed E-state index contributed by atoms with van der Waals surface area (Å²) in [5, 5.41) is 2.31. The van der Waals surface area contributed by atoms with Gasteiger partial charge in [0.2, 0.25) is 0 Å². The number of carbonyl (C=O) groups is 1. The Labute approximate surface area is 95.7 Å². The Balaban J connectivity index is 2.32. The molecule has 0 unspecified atom stereocenters. The van der Waals surface area contributed by atoms with Crippen LogP contribution in [0.15, 0.2) is 24.3 Å². The van der Waals surface area contributed by atoms with Gasteiger partial charge in [-0.3, -0.25) is 4.84 Å². The highest BCUT2D eigenvalue weighted by molar-refractivity contribution is 5.88. The molecule has 0 saturated heterocycles. The van der Waals surface area contributed by atoms with E-state index in [-0.39, 0.29) is 0 Å². The van der Waals surface area contributed by atoms with Gasteiger partial charge in [-0.1, -0.05) is 17.7 Å². The Bertz CT molecular complexity index is 376. The van der Waals surface area contributed by atoms with Crippen molar-refractivity contribution in [2.24, 2.45) is 0 Å². The van der Waals surface area contributed by atoms with Crippen LogP contribution in [0.1, 0.15) is 5.56 Å². The van der Waals surface area contributed by atoms with E-state index >= 15 is 0 Å². The summed E-state index contributed by atoms with van der Waals surface area (Å²) in [6.07, 6.45) is -4.48. The summed E-state index contributed by atoms with van der Waals surface area (Å²) in [5.74, 6) is 0. The Kier molecular flexibility index (Phi) is 4.33. The quantitative estimate of drug-likeness (QED) is 0.808. The van der Waals surface area contributed by atoms with E-state index in [9.17, 15) is 18.0 Å². The van der Waals surface area contributed by atoms with Crippen LogP contribution in [0.25, 0.3) is 0 Å². The number of carbonyl (C=O) groups excluding carboxylic acids is 1. The summed E-state index contributed by atoms with van der Waals surface area (Å²) in [5.41, 5.74) is 3.10. The van der Waals surface area contributed by atoms with Gasteiger partial charge in [0.05, 0.1) is 0 Å². The lowest BCUT2D eigenvalue weighted by Gasteiger charge is -2.09. The summed E-state index contributed by atoms with van der Waals surface area (Å²) in [6.45, 7) is 0.338. The third kappa shape index (κ3) is 5.76. The van der Waals surface area contributed by atoms with Gasteiger partial charge in [-0.2, -0.15) is 13.2 Å². The van der Waals surface area contributed by atoms with Crippen LogP contribution in [-0.4, -0.2) is 18.8 Å². The number of urea groups is 1. The lowest BCUT2D eigenvalue weighted by Crippen LogP contribution is -2.32. The molecule has 0 fully saturated rings. The highest BCUT2D eigenvalue weighted by atomic mass is 19.4. The third-order valence-corrected chi connectivity index (χ3v) is 1.71. The summed E-state index contributed by atoms with van der Waals surface area (Å²) >= 11 is 0. The lowest BCUT2D eigenvalue weighted by atomic mass is 10.2. The van der Waals surface area contributed by atoms with Crippen LogP contribution in [0.5, 0.6) is 0 Å². The molecule has 7 heteroatoms. The normalized spacial score (nSPS) is 11.1. The molecule has 4 nitrogen and oxygen atoms in total.